The maximum Gasteiger partial charge on any atom is 0.337 e. The van der Waals surface area contributed by atoms with Gasteiger partial charge in [-0.15, -0.1) is 0 Å². The maximum atomic E-state index is 12.8. The van der Waals surface area contributed by atoms with E-state index < -0.39 is 5.97 Å². The highest BCUT2D eigenvalue weighted by atomic mass is 16.5. The number of benzene rings is 2. The average molecular weight is 313 g/mol. The lowest BCUT2D eigenvalue weighted by atomic mass is 9.97. The number of carbonyl (C=O) groups is 2. The quantitative estimate of drug-likeness (QED) is 0.830. The minimum absolute atomic E-state index is 0.0419. The van der Waals surface area contributed by atoms with Crippen LogP contribution in [0.5, 0.6) is 5.75 Å². The van der Waals surface area contributed by atoms with Crippen LogP contribution < -0.4 is 9.64 Å². The number of hydrogen-bond acceptors (Lipinski definition) is 4. The standard InChI is InChI=1S/C18H19NO4/c1-4-23-13-10-14(17(20)12-8-6-5-7-9-12)16(19(2)3)15(11-13)18(21)22/h5-11H,4H2,1-3H3,(H,21,22). The first-order chi connectivity index (χ1) is 11.0. The van der Waals surface area contributed by atoms with E-state index in [9.17, 15) is 14.7 Å². The maximum absolute atomic E-state index is 12.8. The van der Waals surface area contributed by atoms with Crippen LogP contribution in [0.25, 0.3) is 0 Å². The smallest absolute Gasteiger partial charge is 0.337 e. The summed E-state index contributed by atoms with van der Waals surface area (Å²) < 4.78 is 5.42. The van der Waals surface area contributed by atoms with Crippen LogP contribution in [0.4, 0.5) is 5.69 Å². The third-order valence-electron chi connectivity index (χ3n) is 3.35. The second-order valence-corrected chi connectivity index (χ2v) is 5.19. The van der Waals surface area contributed by atoms with E-state index in [0.29, 0.717) is 29.2 Å². The predicted octanol–water partition coefficient (Wildman–Crippen LogP) is 3.08. The zero-order valence-corrected chi connectivity index (χ0v) is 13.4. The van der Waals surface area contributed by atoms with Gasteiger partial charge in [-0.2, -0.15) is 0 Å². The molecule has 0 aliphatic carbocycles. The summed E-state index contributed by atoms with van der Waals surface area (Å²) in [5, 5.41) is 9.49. The highest BCUT2D eigenvalue weighted by molar-refractivity contribution is 6.15. The molecule has 120 valence electrons. The molecule has 1 N–H and O–H groups in total. The van der Waals surface area contributed by atoms with Crippen molar-refractivity contribution in [1.82, 2.24) is 0 Å². The number of carboxylic acid groups (broad SMARTS) is 1. The van der Waals surface area contributed by atoms with Gasteiger partial charge in [-0.05, 0) is 19.1 Å². The molecule has 0 fully saturated rings. The monoisotopic (exact) mass is 313 g/mol. The number of ketones is 1. The molecule has 0 heterocycles. The summed E-state index contributed by atoms with van der Waals surface area (Å²) in [6, 6.07) is 11.8. The second kappa shape index (κ2) is 6.96. The third kappa shape index (κ3) is 3.51. The zero-order valence-electron chi connectivity index (χ0n) is 13.4. The highest BCUT2D eigenvalue weighted by Crippen LogP contribution is 2.31. The van der Waals surface area contributed by atoms with Crippen molar-refractivity contribution in [2.75, 3.05) is 25.6 Å². The number of carboxylic acids is 1. The fraction of sp³-hybridized carbons (Fsp3) is 0.222. The summed E-state index contributed by atoms with van der Waals surface area (Å²) >= 11 is 0. The molecule has 0 aliphatic heterocycles. The van der Waals surface area contributed by atoms with Crippen LogP contribution in [0.15, 0.2) is 42.5 Å². The molecule has 2 aromatic carbocycles. The topological polar surface area (TPSA) is 66.8 Å². The molecule has 2 rings (SSSR count). The van der Waals surface area contributed by atoms with Gasteiger partial charge in [0.05, 0.1) is 23.4 Å². The van der Waals surface area contributed by atoms with E-state index in [4.69, 9.17) is 4.74 Å². The second-order valence-electron chi connectivity index (χ2n) is 5.19. The molecule has 0 radical (unpaired) electrons. The molecule has 0 saturated heterocycles. The van der Waals surface area contributed by atoms with Crippen molar-refractivity contribution in [3.05, 3.63) is 59.2 Å². The van der Waals surface area contributed by atoms with E-state index in [1.165, 1.54) is 6.07 Å². The summed E-state index contributed by atoms with van der Waals surface area (Å²) in [4.78, 5) is 26.1. The van der Waals surface area contributed by atoms with Crippen LogP contribution in [0.1, 0.15) is 33.2 Å². The van der Waals surface area contributed by atoms with E-state index in [0.717, 1.165) is 0 Å². The SMILES string of the molecule is CCOc1cc(C(=O)O)c(N(C)C)c(C(=O)c2ccccc2)c1. The molecular formula is C18H19NO4. The first kappa shape index (κ1) is 16.5. The Kier molecular flexibility index (Phi) is 5.01. The lowest BCUT2D eigenvalue weighted by Gasteiger charge is -2.21. The molecule has 0 atom stereocenters. The van der Waals surface area contributed by atoms with Gasteiger partial charge in [0, 0.05) is 19.7 Å². The van der Waals surface area contributed by atoms with Gasteiger partial charge in [0.2, 0.25) is 0 Å². The molecule has 0 amide bonds. The number of hydrogen-bond donors (Lipinski definition) is 1. The Balaban J connectivity index is 2.68. The number of aromatic carboxylic acids is 1. The first-order valence-corrected chi connectivity index (χ1v) is 7.27. The highest BCUT2D eigenvalue weighted by Gasteiger charge is 2.23. The summed E-state index contributed by atoms with van der Waals surface area (Å²) in [6.07, 6.45) is 0. The fourth-order valence-corrected chi connectivity index (χ4v) is 2.42. The van der Waals surface area contributed by atoms with Gasteiger partial charge >= 0.3 is 5.97 Å². The molecule has 2 aromatic rings. The Hall–Kier alpha value is -2.82. The Morgan fingerprint density at radius 3 is 2.22 bits per heavy atom. The van der Waals surface area contributed by atoms with Crippen molar-refractivity contribution in [3.63, 3.8) is 0 Å². The molecular weight excluding hydrogens is 294 g/mol. The van der Waals surface area contributed by atoms with E-state index in [1.54, 1.807) is 56.3 Å². The number of nitrogens with zero attached hydrogens (tertiary/aromatic N) is 1. The van der Waals surface area contributed by atoms with E-state index in [1.807, 2.05) is 6.07 Å². The van der Waals surface area contributed by atoms with E-state index >= 15 is 0 Å². The average Bonchev–Trinajstić information content (AvgIpc) is 2.54. The molecule has 0 spiro atoms. The van der Waals surface area contributed by atoms with Crippen LogP contribution in [0.2, 0.25) is 0 Å². The van der Waals surface area contributed by atoms with Gasteiger partial charge in [0.1, 0.15) is 5.75 Å². The molecule has 0 aliphatic rings. The molecule has 5 heteroatoms. The first-order valence-electron chi connectivity index (χ1n) is 7.27. The molecule has 0 unspecified atom stereocenters. The lowest BCUT2D eigenvalue weighted by molar-refractivity contribution is 0.0697. The van der Waals surface area contributed by atoms with Crippen LogP contribution >= 0.6 is 0 Å². The van der Waals surface area contributed by atoms with Gasteiger partial charge in [-0.3, -0.25) is 4.79 Å². The van der Waals surface area contributed by atoms with Crippen molar-refractivity contribution >= 4 is 17.4 Å². The normalized spacial score (nSPS) is 10.2. The van der Waals surface area contributed by atoms with Crippen LogP contribution in [0, 0.1) is 0 Å². The minimum atomic E-state index is -1.10. The van der Waals surface area contributed by atoms with Gasteiger partial charge in [0.25, 0.3) is 0 Å². The Bertz CT molecular complexity index is 723. The minimum Gasteiger partial charge on any atom is -0.494 e. The molecule has 0 bridgehead atoms. The molecule has 5 nitrogen and oxygen atoms in total. The van der Waals surface area contributed by atoms with Crippen LogP contribution in [-0.2, 0) is 0 Å². The predicted molar refractivity (Wildman–Crippen MR) is 88.8 cm³/mol. The van der Waals surface area contributed by atoms with Gasteiger partial charge < -0.3 is 14.7 Å². The number of ether oxygens (including phenoxy) is 1. The Labute approximate surface area is 135 Å². The van der Waals surface area contributed by atoms with Gasteiger partial charge in [-0.25, -0.2) is 4.79 Å². The van der Waals surface area contributed by atoms with Gasteiger partial charge in [-0.1, -0.05) is 30.3 Å². The Morgan fingerprint density at radius 2 is 1.70 bits per heavy atom. The van der Waals surface area contributed by atoms with Gasteiger partial charge in [0.15, 0.2) is 5.78 Å². The Morgan fingerprint density at radius 1 is 1.09 bits per heavy atom. The van der Waals surface area contributed by atoms with Crippen molar-refractivity contribution < 1.29 is 19.4 Å². The van der Waals surface area contributed by atoms with E-state index in [2.05, 4.69) is 0 Å². The number of rotatable bonds is 6. The zero-order chi connectivity index (χ0) is 17.0. The van der Waals surface area contributed by atoms with Crippen LogP contribution in [0.3, 0.4) is 0 Å². The van der Waals surface area contributed by atoms with Crippen molar-refractivity contribution in [2.24, 2.45) is 0 Å². The fourth-order valence-electron chi connectivity index (χ4n) is 2.42. The molecule has 23 heavy (non-hydrogen) atoms. The number of carbonyl (C=O) groups excluding carboxylic acids is 1. The lowest BCUT2D eigenvalue weighted by Crippen LogP contribution is -2.19. The number of anilines is 1. The van der Waals surface area contributed by atoms with E-state index in [-0.39, 0.29) is 11.3 Å². The molecule has 0 aromatic heterocycles. The summed E-state index contributed by atoms with van der Waals surface area (Å²) in [5.41, 5.74) is 1.22. The third-order valence-corrected chi connectivity index (χ3v) is 3.35. The summed E-state index contributed by atoms with van der Waals surface area (Å²) in [6.45, 7) is 2.19. The summed E-state index contributed by atoms with van der Waals surface area (Å²) in [7, 11) is 3.42. The summed E-state index contributed by atoms with van der Waals surface area (Å²) in [5.74, 6) is -0.967. The van der Waals surface area contributed by atoms with Crippen LogP contribution in [-0.4, -0.2) is 37.6 Å². The molecule has 0 saturated carbocycles. The van der Waals surface area contributed by atoms with Crippen molar-refractivity contribution in [3.8, 4) is 5.75 Å². The van der Waals surface area contributed by atoms with Crippen molar-refractivity contribution in [1.29, 1.82) is 0 Å². The van der Waals surface area contributed by atoms with Crippen molar-refractivity contribution in [2.45, 2.75) is 6.92 Å². The largest absolute Gasteiger partial charge is 0.494 e.